The van der Waals surface area contributed by atoms with E-state index in [-0.39, 0.29) is 6.73 Å². The van der Waals surface area contributed by atoms with Crippen molar-refractivity contribution in [3.63, 3.8) is 0 Å². The lowest BCUT2D eigenvalue weighted by molar-refractivity contribution is 0.164. The van der Waals surface area contributed by atoms with Crippen LogP contribution in [-0.4, -0.2) is 22.9 Å². The molecule has 6 heteroatoms. The first-order valence-corrected chi connectivity index (χ1v) is 3.68. The van der Waals surface area contributed by atoms with Gasteiger partial charge in [0.25, 0.3) is 0 Å². The molecule has 0 fully saturated rings. The summed E-state index contributed by atoms with van der Waals surface area (Å²) in [5.41, 5.74) is 4.77. The van der Waals surface area contributed by atoms with Crippen molar-refractivity contribution in [3.05, 3.63) is 0 Å². The summed E-state index contributed by atoms with van der Waals surface area (Å²) in [6.07, 6.45) is -0.594. The maximum atomic E-state index is 9.90. The van der Waals surface area contributed by atoms with Gasteiger partial charge in [0.15, 0.2) is 0 Å². The molecule has 0 aliphatic rings. The number of hydrogen-bond acceptors (Lipinski definition) is 3. The first-order chi connectivity index (χ1) is 3.56. The molecule has 0 atom stereocenters. The van der Waals surface area contributed by atoms with Crippen LogP contribution in [0.25, 0.3) is 0 Å². The Morgan fingerprint density at radius 1 is 1.62 bits per heavy atom. The van der Waals surface area contributed by atoms with Crippen molar-refractivity contribution in [2.24, 2.45) is 5.73 Å². The molecule has 0 unspecified atom stereocenters. The largest absolute Gasteiger partial charge is 0.354 e. The second-order valence-electron chi connectivity index (χ2n) is 1.16. The monoisotopic (exact) mass is 141 g/mol. The molecule has 0 amide bonds. The molecular formula is C2H8NO4P. The van der Waals surface area contributed by atoms with Crippen LogP contribution in [0.2, 0.25) is 0 Å². The summed E-state index contributed by atoms with van der Waals surface area (Å²) in [5.74, 6) is 0. The van der Waals surface area contributed by atoms with Crippen LogP contribution in [0.5, 0.6) is 0 Å². The third-order valence-electron chi connectivity index (χ3n) is 0.377. The van der Waals surface area contributed by atoms with Gasteiger partial charge in [-0.05, 0) is 0 Å². The zero-order valence-electron chi connectivity index (χ0n) is 4.15. The number of ether oxygens (including phenoxy) is 1. The fourth-order valence-corrected chi connectivity index (χ4v) is 0.515. The molecular weight excluding hydrogens is 133 g/mol. The van der Waals surface area contributed by atoms with Crippen molar-refractivity contribution in [3.8, 4) is 0 Å². The van der Waals surface area contributed by atoms with Gasteiger partial charge in [0.1, 0.15) is 6.35 Å². The SMILES string of the molecule is NCOCP(=O)(O)O. The molecule has 0 saturated heterocycles. The normalized spacial score (nSPS) is 11.9. The molecule has 0 rings (SSSR count). The summed E-state index contributed by atoms with van der Waals surface area (Å²) in [7, 11) is -3.98. The van der Waals surface area contributed by atoms with Gasteiger partial charge in [0.2, 0.25) is 0 Å². The average molecular weight is 141 g/mol. The molecule has 4 N–H and O–H groups in total. The highest BCUT2D eigenvalue weighted by atomic mass is 31.2. The predicted octanol–water partition coefficient (Wildman–Crippen LogP) is -0.946. The zero-order chi connectivity index (χ0) is 6.62. The molecule has 0 aromatic rings. The van der Waals surface area contributed by atoms with Crippen LogP contribution in [0.15, 0.2) is 0 Å². The van der Waals surface area contributed by atoms with E-state index in [1.165, 1.54) is 0 Å². The smallest absolute Gasteiger partial charge is 0.351 e. The van der Waals surface area contributed by atoms with Gasteiger partial charge in [-0.3, -0.25) is 4.57 Å². The van der Waals surface area contributed by atoms with Crippen molar-refractivity contribution in [1.82, 2.24) is 0 Å². The molecule has 50 valence electrons. The second kappa shape index (κ2) is 3.17. The predicted molar refractivity (Wildman–Crippen MR) is 27.1 cm³/mol. The number of rotatable bonds is 3. The van der Waals surface area contributed by atoms with E-state index >= 15 is 0 Å². The van der Waals surface area contributed by atoms with E-state index in [1.54, 1.807) is 0 Å². The lowest BCUT2D eigenvalue weighted by atomic mass is 11.3. The van der Waals surface area contributed by atoms with Gasteiger partial charge in [0, 0.05) is 0 Å². The fourth-order valence-electron chi connectivity index (χ4n) is 0.172. The maximum Gasteiger partial charge on any atom is 0.351 e. The van der Waals surface area contributed by atoms with Crippen LogP contribution in [0, 0.1) is 0 Å². The fraction of sp³-hybridized carbons (Fsp3) is 1.00. The van der Waals surface area contributed by atoms with Gasteiger partial charge in [-0.15, -0.1) is 0 Å². The van der Waals surface area contributed by atoms with Crippen molar-refractivity contribution in [2.75, 3.05) is 13.1 Å². The Kier molecular flexibility index (Phi) is 3.19. The Labute approximate surface area is 46.6 Å². The summed E-state index contributed by atoms with van der Waals surface area (Å²) in [6.45, 7) is -0.162. The zero-order valence-corrected chi connectivity index (χ0v) is 5.04. The molecule has 0 aromatic carbocycles. The third-order valence-corrected chi connectivity index (χ3v) is 0.896. The Hall–Kier alpha value is 0.0700. The van der Waals surface area contributed by atoms with Gasteiger partial charge >= 0.3 is 7.60 Å². The molecule has 0 spiro atoms. The summed E-state index contributed by atoms with van der Waals surface area (Å²) in [6, 6.07) is 0. The van der Waals surface area contributed by atoms with E-state index in [9.17, 15) is 4.57 Å². The van der Waals surface area contributed by atoms with Gasteiger partial charge < -0.3 is 20.3 Å². The van der Waals surface area contributed by atoms with Crippen LogP contribution in [0.1, 0.15) is 0 Å². The topological polar surface area (TPSA) is 92.8 Å². The van der Waals surface area contributed by atoms with Crippen LogP contribution in [0.4, 0.5) is 0 Å². The van der Waals surface area contributed by atoms with Gasteiger partial charge in [0.05, 0.1) is 6.73 Å². The van der Waals surface area contributed by atoms with Crippen LogP contribution in [-0.2, 0) is 9.30 Å². The lowest BCUT2D eigenvalue weighted by Gasteiger charge is -2.00. The summed E-state index contributed by atoms with van der Waals surface area (Å²) >= 11 is 0. The highest BCUT2D eigenvalue weighted by molar-refractivity contribution is 7.51. The van der Waals surface area contributed by atoms with Crippen LogP contribution < -0.4 is 5.73 Å². The highest BCUT2D eigenvalue weighted by Gasteiger charge is 2.10. The highest BCUT2D eigenvalue weighted by Crippen LogP contribution is 2.33. The first kappa shape index (κ1) is 8.07. The molecule has 0 bridgehead atoms. The van der Waals surface area contributed by atoms with E-state index in [0.717, 1.165) is 0 Å². The molecule has 8 heavy (non-hydrogen) atoms. The van der Waals surface area contributed by atoms with Crippen molar-refractivity contribution < 1.29 is 19.1 Å². The molecule has 0 aliphatic carbocycles. The molecule has 0 aromatic heterocycles. The maximum absolute atomic E-state index is 9.90. The lowest BCUT2D eigenvalue weighted by Crippen LogP contribution is -2.05. The number of nitrogens with two attached hydrogens (primary N) is 1. The van der Waals surface area contributed by atoms with Gasteiger partial charge in [-0.25, -0.2) is 0 Å². The minimum Gasteiger partial charge on any atom is -0.354 e. The van der Waals surface area contributed by atoms with Gasteiger partial charge in [-0.1, -0.05) is 0 Å². The Morgan fingerprint density at radius 2 is 2.12 bits per heavy atom. The molecule has 0 aliphatic heterocycles. The van der Waals surface area contributed by atoms with Crippen molar-refractivity contribution in [2.45, 2.75) is 0 Å². The van der Waals surface area contributed by atoms with Gasteiger partial charge in [-0.2, -0.15) is 0 Å². The standard InChI is InChI=1S/C2H8NO4P/c3-1-7-2-8(4,5)6/h1-3H2,(H2,4,5,6). The number of hydrogen-bond donors (Lipinski definition) is 3. The summed E-state index contributed by atoms with van der Waals surface area (Å²) in [5, 5.41) is 0. The van der Waals surface area contributed by atoms with Crippen LogP contribution in [0.3, 0.4) is 0 Å². The molecule has 0 heterocycles. The summed E-state index contributed by atoms with van der Waals surface area (Å²) in [4.78, 5) is 16.2. The average Bonchev–Trinajstić information content (AvgIpc) is 1.59. The molecule has 0 radical (unpaired) electrons. The first-order valence-electron chi connectivity index (χ1n) is 1.88. The third kappa shape index (κ3) is 6.07. The molecule has 0 saturated carbocycles. The van der Waals surface area contributed by atoms with Crippen molar-refractivity contribution >= 4 is 7.60 Å². The quantitative estimate of drug-likeness (QED) is 0.348. The van der Waals surface area contributed by atoms with E-state index in [1.807, 2.05) is 0 Å². The van der Waals surface area contributed by atoms with E-state index < -0.39 is 13.9 Å². The summed E-state index contributed by atoms with van der Waals surface area (Å²) < 4.78 is 14.1. The minimum atomic E-state index is -3.98. The van der Waals surface area contributed by atoms with Crippen molar-refractivity contribution in [1.29, 1.82) is 0 Å². The van der Waals surface area contributed by atoms with E-state index in [2.05, 4.69) is 4.74 Å². The molecule has 5 nitrogen and oxygen atoms in total. The van der Waals surface area contributed by atoms with E-state index in [4.69, 9.17) is 15.5 Å². The second-order valence-corrected chi connectivity index (χ2v) is 2.75. The Morgan fingerprint density at radius 3 is 2.25 bits per heavy atom. The Balaban J connectivity index is 3.26. The minimum absolute atomic E-state index is 0.162. The van der Waals surface area contributed by atoms with E-state index in [0.29, 0.717) is 0 Å². The Bertz CT molecular complexity index is 98.2. The van der Waals surface area contributed by atoms with Crippen LogP contribution >= 0.6 is 7.60 Å².